The second kappa shape index (κ2) is 9.13. The molecular weight excluding hydrogens is 342 g/mol. The fourth-order valence-corrected chi connectivity index (χ4v) is 4.28. The molecule has 158 valence electrons. The third-order valence-electron chi connectivity index (χ3n) is 5.54. The molecule has 1 aliphatic carbocycles. The van der Waals surface area contributed by atoms with Crippen molar-refractivity contribution in [2.75, 3.05) is 0 Å². The van der Waals surface area contributed by atoms with E-state index >= 15 is 0 Å². The molecule has 2 rings (SSSR count). The number of hydrogen-bond acceptors (Lipinski definition) is 4. The van der Waals surface area contributed by atoms with Gasteiger partial charge in [0.1, 0.15) is 5.60 Å². The average molecular weight is 384 g/mol. The molecule has 2 aliphatic rings. The molecule has 3 atom stereocenters. The van der Waals surface area contributed by atoms with Crippen LogP contribution in [-0.4, -0.2) is 35.7 Å². The van der Waals surface area contributed by atoms with Crippen LogP contribution in [0.25, 0.3) is 0 Å². The first kappa shape index (κ1) is 22.5. The fourth-order valence-electron chi connectivity index (χ4n) is 4.28. The summed E-state index contributed by atoms with van der Waals surface area (Å²) in [6.45, 7) is 14.0. The van der Waals surface area contributed by atoms with Crippen molar-refractivity contribution in [2.45, 2.75) is 123 Å². The molecule has 5 heteroatoms. The van der Waals surface area contributed by atoms with Crippen molar-refractivity contribution >= 4 is 6.09 Å². The Bertz CT molecular complexity index is 477. The van der Waals surface area contributed by atoms with Crippen molar-refractivity contribution in [3.8, 4) is 0 Å². The van der Waals surface area contributed by atoms with E-state index in [1.54, 1.807) is 0 Å². The number of alkyl carbamates (subject to hydrolysis) is 1. The zero-order valence-electron chi connectivity index (χ0n) is 18.5. The van der Waals surface area contributed by atoms with Gasteiger partial charge >= 0.3 is 6.09 Å². The largest absolute Gasteiger partial charge is 0.444 e. The normalized spacial score (nSPS) is 28.0. The number of amides is 1. The molecule has 0 bridgehead atoms. The standard InChI is InChI=1S/C22H41NO4/c1-15(2)18-14-19(26-22(6,7)25-18)17(13-16-11-9-8-10-12-16)23-20(24)27-21(3,4)5/h15-19H,8-14H2,1-7H3,(H,23,24)/t17-,18-,19-/m0/s1. The first-order chi connectivity index (χ1) is 12.5. The summed E-state index contributed by atoms with van der Waals surface area (Å²) in [6.07, 6.45) is 7.87. The van der Waals surface area contributed by atoms with E-state index in [4.69, 9.17) is 14.2 Å². The molecule has 1 amide bonds. The van der Waals surface area contributed by atoms with Crippen LogP contribution in [0.3, 0.4) is 0 Å². The molecule has 1 saturated carbocycles. The molecule has 2 fully saturated rings. The quantitative estimate of drug-likeness (QED) is 0.689. The highest BCUT2D eigenvalue weighted by Crippen LogP contribution is 2.35. The van der Waals surface area contributed by atoms with Gasteiger partial charge in [-0.25, -0.2) is 4.79 Å². The second-order valence-corrected chi connectivity index (χ2v) is 10.2. The predicted molar refractivity (Wildman–Crippen MR) is 108 cm³/mol. The maximum Gasteiger partial charge on any atom is 0.407 e. The van der Waals surface area contributed by atoms with E-state index in [2.05, 4.69) is 19.2 Å². The van der Waals surface area contributed by atoms with Crippen LogP contribution in [0.1, 0.15) is 93.4 Å². The topological polar surface area (TPSA) is 56.8 Å². The number of rotatable bonds is 5. The zero-order chi connectivity index (χ0) is 20.2. The Hall–Kier alpha value is -0.810. The zero-order valence-corrected chi connectivity index (χ0v) is 18.5. The SMILES string of the molecule is CC(C)[C@@H]1C[C@@H]([C@H](CC2CCCCC2)NC(=O)OC(C)(C)C)OC(C)(C)O1. The van der Waals surface area contributed by atoms with Gasteiger partial charge < -0.3 is 19.5 Å². The summed E-state index contributed by atoms with van der Waals surface area (Å²) in [5.41, 5.74) is -0.504. The minimum Gasteiger partial charge on any atom is -0.444 e. The molecule has 1 saturated heterocycles. The minimum atomic E-state index is -0.641. The van der Waals surface area contributed by atoms with E-state index in [1.807, 2.05) is 34.6 Å². The van der Waals surface area contributed by atoms with Crippen molar-refractivity contribution in [3.05, 3.63) is 0 Å². The Kier molecular flexibility index (Phi) is 7.60. The maximum atomic E-state index is 12.5. The number of hydrogen-bond donors (Lipinski definition) is 1. The van der Waals surface area contributed by atoms with Gasteiger partial charge in [-0.2, -0.15) is 0 Å². The summed E-state index contributed by atoms with van der Waals surface area (Å²) in [6, 6.07) is -0.0487. The molecule has 0 aromatic carbocycles. The molecule has 1 aliphatic heterocycles. The Morgan fingerprint density at radius 3 is 2.26 bits per heavy atom. The molecule has 0 spiro atoms. The van der Waals surface area contributed by atoms with Crippen LogP contribution in [0.2, 0.25) is 0 Å². The predicted octanol–water partition coefficient (Wildman–Crippen LogP) is 5.42. The van der Waals surface area contributed by atoms with Crippen LogP contribution in [-0.2, 0) is 14.2 Å². The monoisotopic (exact) mass is 383 g/mol. The van der Waals surface area contributed by atoms with Gasteiger partial charge in [-0.1, -0.05) is 46.0 Å². The maximum absolute atomic E-state index is 12.5. The van der Waals surface area contributed by atoms with E-state index in [9.17, 15) is 4.79 Å². The van der Waals surface area contributed by atoms with Crippen molar-refractivity contribution in [2.24, 2.45) is 11.8 Å². The van der Waals surface area contributed by atoms with E-state index in [1.165, 1.54) is 32.1 Å². The van der Waals surface area contributed by atoms with Crippen molar-refractivity contribution < 1.29 is 19.0 Å². The summed E-state index contributed by atoms with van der Waals surface area (Å²) in [7, 11) is 0. The summed E-state index contributed by atoms with van der Waals surface area (Å²) >= 11 is 0. The van der Waals surface area contributed by atoms with Gasteiger partial charge in [0.05, 0.1) is 18.2 Å². The molecule has 1 heterocycles. The van der Waals surface area contributed by atoms with E-state index in [0.29, 0.717) is 11.8 Å². The van der Waals surface area contributed by atoms with E-state index < -0.39 is 11.4 Å². The average Bonchev–Trinajstić information content (AvgIpc) is 2.52. The third kappa shape index (κ3) is 7.61. The Balaban J connectivity index is 2.12. The van der Waals surface area contributed by atoms with Crippen LogP contribution < -0.4 is 5.32 Å². The van der Waals surface area contributed by atoms with Crippen LogP contribution in [0.5, 0.6) is 0 Å². The molecule has 0 aromatic rings. The smallest absolute Gasteiger partial charge is 0.407 e. The van der Waals surface area contributed by atoms with Crippen LogP contribution in [0.15, 0.2) is 0 Å². The van der Waals surface area contributed by atoms with Crippen LogP contribution >= 0.6 is 0 Å². The van der Waals surface area contributed by atoms with E-state index in [0.717, 1.165) is 12.8 Å². The van der Waals surface area contributed by atoms with Crippen molar-refractivity contribution in [1.29, 1.82) is 0 Å². The van der Waals surface area contributed by atoms with Gasteiger partial charge in [-0.3, -0.25) is 0 Å². The third-order valence-corrected chi connectivity index (χ3v) is 5.54. The summed E-state index contributed by atoms with van der Waals surface area (Å²) in [5.74, 6) is 0.413. The van der Waals surface area contributed by atoms with Crippen molar-refractivity contribution in [3.63, 3.8) is 0 Å². The van der Waals surface area contributed by atoms with Gasteiger partial charge in [0.15, 0.2) is 5.79 Å². The lowest BCUT2D eigenvalue weighted by molar-refractivity contribution is -0.310. The van der Waals surface area contributed by atoms with Gasteiger partial charge in [0, 0.05) is 6.42 Å². The molecule has 1 N–H and O–H groups in total. The first-order valence-corrected chi connectivity index (χ1v) is 10.8. The van der Waals surface area contributed by atoms with Gasteiger partial charge in [-0.15, -0.1) is 0 Å². The molecular formula is C22H41NO4. The summed E-state index contributed by atoms with van der Waals surface area (Å²) in [4.78, 5) is 12.5. The number of nitrogens with one attached hydrogen (secondary N) is 1. The van der Waals surface area contributed by atoms with Gasteiger partial charge in [-0.05, 0) is 52.9 Å². The second-order valence-electron chi connectivity index (χ2n) is 10.2. The Morgan fingerprint density at radius 2 is 1.70 bits per heavy atom. The molecule has 0 radical (unpaired) electrons. The highest BCUT2D eigenvalue weighted by molar-refractivity contribution is 5.68. The summed E-state index contributed by atoms with van der Waals surface area (Å²) < 4.78 is 18.0. The fraction of sp³-hybridized carbons (Fsp3) is 0.955. The number of carbonyl (C=O) groups is 1. The van der Waals surface area contributed by atoms with Crippen molar-refractivity contribution in [1.82, 2.24) is 5.32 Å². The Labute approximate surface area is 165 Å². The number of carbonyl (C=O) groups excluding carboxylic acids is 1. The molecule has 0 unspecified atom stereocenters. The lowest BCUT2D eigenvalue weighted by Crippen LogP contribution is -2.55. The Morgan fingerprint density at radius 1 is 1.11 bits per heavy atom. The molecule has 0 aromatic heterocycles. The first-order valence-electron chi connectivity index (χ1n) is 10.8. The van der Waals surface area contributed by atoms with Gasteiger partial charge in [0.25, 0.3) is 0 Å². The van der Waals surface area contributed by atoms with Gasteiger partial charge in [0.2, 0.25) is 0 Å². The lowest BCUT2D eigenvalue weighted by Gasteiger charge is -2.45. The van der Waals surface area contributed by atoms with E-state index in [-0.39, 0.29) is 24.3 Å². The van der Waals surface area contributed by atoms with Crippen LogP contribution in [0, 0.1) is 11.8 Å². The molecule has 27 heavy (non-hydrogen) atoms. The molecule has 5 nitrogen and oxygen atoms in total. The highest BCUT2D eigenvalue weighted by atomic mass is 16.7. The lowest BCUT2D eigenvalue weighted by atomic mass is 9.82. The highest BCUT2D eigenvalue weighted by Gasteiger charge is 2.41. The number of ether oxygens (including phenoxy) is 3. The summed E-state index contributed by atoms with van der Waals surface area (Å²) in [5, 5.41) is 3.15. The minimum absolute atomic E-state index is 0.0487. The van der Waals surface area contributed by atoms with Crippen LogP contribution in [0.4, 0.5) is 4.79 Å².